The van der Waals surface area contributed by atoms with Gasteiger partial charge in [-0.25, -0.2) is 0 Å². The minimum Gasteiger partial charge on any atom is -0.491 e. The quantitative estimate of drug-likeness (QED) is 0.327. The number of carbonyl (C=O) groups is 2. The summed E-state index contributed by atoms with van der Waals surface area (Å²) in [7, 11) is 2.83. The highest BCUT2D eigenvalue weighted by Crippen LogP contribution is 2.30. The van der Waals surface area contributed by atoms with E-state index >= 15 is 0 Å². The third-order valence-corrected chi connectivity index (χ3v) is 5.58. The number of nitrogens with one attached hydrogen (secondary N) is 1. The molecule has 1 aliphatic rings. The van der Waals surface area contributed by atoms with E-state index in [0.717, 1.165) is 11.1 Å². The molecule has 3 N–H and O–H groups in total. The highest BCUT2D eigenvalue weighted by atomic mass is 35.5. The van der Waals surface area contributed by atoms with E-state index < -0.39 is 0 Å². The average Bonchev–Trinajstić information content (AvgIpc) is 3.20. The van der Waals surface area contributed by atoms with E-state index in [1.807, 2.05) is 42.5 Å². The monoisotopic (exact) mass is 475 g/mol. The third-order valence-electron chi connectivity index (χ3n) is 5.58. The van der Waals surface area contributed by atoms with Crippen molar-refractivity contribution in [1.29, 1.82) is 5.41 Å². The number of amidine groups is 1. The van der Waals surface area contributed by atoms with Gasteiger partial charge >= 0.3 is 5.97 Å². The topological polar surface area (TPSA) is 115 Å². The van der Waals surface area contributed by atoms with Crippen molar-refractivity contribution in [3.05, 3.63) is 54.1 Å². The van der Waals surface area contributed by atoms with E-state index in [-0.39, 0.29) is 61.7 Å². The van der Waals surface area contributed by atoms with Crippen LogP contribution in [0.2, 0.25) is 0 Å². The van der Waals surface area contributed by atoms with Crippen LogP contribution in [0.15, 0.2) is 48.5 Å². The predicted molar refractivity (Wildman–Crippen MR) is 128 cm³/mol. The lowest BCUT2D eigenvalue weighted by molar-refractivity contribution is -0.142. The molecule has 1 saturated heterocycles. The largest absolute Gasteiger partial charge is 0.491 e. The number of rotatable bonds is 9. The second-order valence-corrected chi connectivity index (χ2v) is 7.81. The van der Waals surface area contributed by atoms with Crippen LogP contribution < -0.4 is 10.5 Å². The lowest BCUT2D eigenvalue weighted by atomic mass is 9.99. The maximum Gasteiger partial charge on any atom is 0.305 e. The van der Waals surface area contributed by atoms with Crippen LogP contribution in [0.25, 0.3) is 11.1 Å². The second-order valence-electron chi connectivity index (χ2n) is 7.81. The molecule has 0 aromatic heterocycles. The summed E-state index contributed by atoms with van der Waals surface area (Å²) < 4.78 is 15.8. The van der Waals surface area contributed by atoms with Crippen molar-refractivity contribution in [3.63, 3.8) is 0 Å². The molecule has 0 saturated carbocycles. The SMILES string of the molecule is COCC(=O)N1C[C@H](CC(=O)OC)C[C@H]1COc1ccc(-c2ccccc2)c(C(=N)N)c1.Cl. The van der Waals surface area contributed by atoms with Gasteiger partial charge in [0.1, 0.15) is 24.8 Å². The van der Waals surface area contributed by atoms with Crippen LogP contribution in [0.3, 0.4) is 0 Å². The lowest BCUT2D eigenvalue weighted by Crippen LogP contribution is -2.41. The van der Waals surface area contributed by atoms with Gasteiger partial charge in [0, 0.05) is 19.2 Å². The Morgan fingerprint density at radius 1 is 1.15 bits per heavy atom. The molecule has 0 bridgehead atoms. The zero-order chi connectivity index (χ0) is 23.1. The van der Waals surface area contributed by atoms with Gasteiger partial charge in [0.15, 0.2) is 0 Å². The number of likely N-dealkylation sites (tertiary alicyclic amines) is 1. The first kappa shape index (κ1) is 26.2. The molecule has 1 fully saturated rings. The van der Waals surface area contributed by atoms with Gasteiger partial charge in [0.25, 0.3) is 0 Å². The van der Waals surface area contributed by atoms with Crippen molar-refractivity contribution >= 4 is 30.1 Å². The zero-order valence-electron chi connectivity index (χ0n) is 18.8. The molecule has 178 valence electrons. The number of nitrogens with two attached hydrogens (primary N) is 1. The van der Waals surface area contributed by atoms with E-state index in [2.05, 4.69) is 0 Å². The van der Waals surface area contributed by atoms with Gasteiger partial charge in [-0.3, -0.25) is 15.0 Å². The van der Waals surface area contributed by atoms with Crippen LogP contribution in [0.5, 0.6) is 5.75 Å². The Balaban J connectivity index is 0.00000385. The molecule has 0 aliphatic carbocycles. The van der Waals surface area contributed by atoms with Gasteiger partial charge in [0.05, 0.1) is 19.6 Å². The molecule has 0 radical (unpaired) electrons. The summed E-state index contributed by atoms with van der Waals surface area (Å²) in [6, 6.07) is 15.0. The van der Waals surface area contributed by atoms with Crippen molar-refractivity contribution in [2.45, 2.75) is 18.9 Å². The Kier molecular flexibility index (Phi) is 9.69. The number of benzene rings is 2. The third kappa shape index (κ3) is 6.69. The number of halogens is 1. The van der Waals surface area contributed by atoms with Crippen molar-refractivity contribution in [1.82, 2.24) is 4.90 Å². The van der Waals surface area contributed by atoms with E-state index in [1.165, 1.54) is 14.2 Å². The highest BCUT2D eigenvalue weighted by Gasteiger charge is 2.36. The van der Waals surface area contributed by atoms with E-state index in [1.54, 1.807) is 11.0 Å². The fourth-order valence-electron chi connectivity index (χ4n) is 4.05. The summed E-state index contributed by atoms with van der Waals surface area (Å²) >= 11 is 0. The number of amides is 1. The number of hydrogen-bond acceptors (Lipinski definition) is 6. The van der Waals surface area contributed by atoms with Crippen LogP contribution in [0.1, 0.15) is 18.4 Å². The molecule has 1 heterocycles. The Hall–Kier alpha value is -3.10. The van der Waals surface area contributed by atoms with Gasteiger partial charge in [0.2, 0.25) is 5.91 Å². The normalized spacial score (nSPS) is 17.2. The molecular weight excluding hydrogens is 446 g/mol. The maximum absolute atomic E-state index is 12.5. The zero-order valence-corrected chi connectivity index (χ0v) is 19.6. The van der Waals surface area contributed by atoms with Crippen LogP contribution in [0, 0.1) is 11.3 Å². The minimum absolute atomic E-state index is 0. The lowest BCUT2D eigenvalue weighted by Gasteiger charge is -2.24. The number of nitrogen functional groups attached to an aromatic ring is 1. The Morgan fingerprint density at radius 2 is 1.88 bits per heavy atom. The van der Waals surface area contributed by atoms with Crippen LogP contribution >= 0.6 is 12.4 Å². The summed E-state index contributed by atoms with van der Waals surface area (Å²) in [5, 5.41) is 7.98. The van der Waals surface area contributed by atoms with Gasteiger partial charge in [-0.05, 0) is 41.7 Å². The minimum atomic E-state index is -0.293. The Morgan fingerprint density at radius 3 is 2.52 bits per heavy atom. The first-order valence-corrected chi connectivity index (χ1v) is 10.4. The standard InChI is InChI=1S/C24H29N3O5.ClH/c1-30-15-22(28)27-13-16(11-23(29)31-2)10-18(27)14-32-19-8-9-20(21(12-19)24(25)26)17-6-4-3-5-7-17;/h3-9,12,16,18H,10-11,13-15H2,1-2H3,(H3,25,26);1H/t16-,18-;/m0./s1. The fourth-order valence-corrected chi connectivity index (χ4v) is 4.05. The molecule has 0 spiro atoms. The Bertz CT molecular complexity index is 970. The van der Waals surface area contributed by atoms with Crippen molar-refractivity contribution in [2.24, 2.45) is 11.7 Å². The first-order chi connectivity index (χ1) is 15.4. The van der Waals surface area contributed by atoms with Gasteiger partial charge in [-0.15, -0.1) is 12.4 Å². The van der Waals surface area contributed by atoms with E-state index in [0.29, 0.717) is 24.3 Å². The number of methoxy groups -OCH3 is 2. The molecule has 9 heteroatoms. The molecule has 1 amide bonds. The fraction of sp³-hybridized carbons (Fsp3) is 0.375. The predicted octanol–water partition coefficient (Wildman–Crippen LogP) is 2.86. The number of nitrogens with zero attached hydrogens (tertiary/aromatic N) is 1. The molecule has 2 aromatic carbocycles. The van der Waals surface area contributed by atoms with Crippen molar-refractivity contribution in [3.8, 4) is 16.9 Å². The molecule has 2 atom stereocenters. The number of hydrogen-bond donors (Lipinski definition) is 2. The van der Waals surface area contributed by atoms with Gasteiger partial charge < -0.3 is 24.8 Å². The Labute approximate surface area is 199 Å². The smallest absolute Gasteiger partial charge is 0.305 e. The van der Waals surface area contributed by atoms with Gasteiger partial charge in [-0.2, -0.15) is 0 Å². The summed E-state index contributed by atoms with van der Waals surface area (Å²) in [6.45, 7) is 0.688. The highest BCUT2D eigenvalue weighted by molar-refractivity contribution is 6.01. The average molecular weight is 476 g/mol. The maximum atomic E-state index is 12.5. The molecule has 3 rings (SSSR count). The van der Waals surface area contributed by atoms with Crippen molar-refractivity contribution in [2.75, 3.05) is 34.0 Å². The summed E-state index contributed by atoms with van der Waals surface area (Å²) in [5.74, 6) is 0.0800. The van der Waals surface area contributed by atoms with Crippen LogP contribution in [0.4, 0.5) is 0 Å². The molecule has 8 nitrogen and oxygen atoms in total. The van der Waals surface area contributed by atoms with Crippen LogP contribution in [-0.2, 0) is 19.1 Å². The molecular formula is C24H30ClN3O5. The molecule has 1 aliphatic heterocycles. The van der Waals surface area contributed by atoms with Crippen LogP contribution in [-0.4, -0.2) is 62.6 Å². The second kappa shape index (κ2) is 12.2. The number of ether oxygens (including phenoxy) is 3. The number of carbonyl (C=O) groups excluding carboxylic acids is 2. The summed E-state index contributed by atoms with van der Waals surface area (Å²) in [6.07, 6.45) is 0.885. The van der Waals surface area contributed by atoms with E-state index in [9.17, 15) is 9.59 Å². The summed E-state index contributed by atoms with van der Waals surface area (Å²) in [5.41, 5.74) is 8.22. The number of esters is 1. The summed E-state index contributed by atoms with van der Waals surface area (Å²) in [4.78, 5) is 25.9. The molecule has 2 aromatic rings. The first-order valence-electron chi connectivity index (χ1n) is 10.4. The van der Waals surface area contributed by atoms with Crippen molar-refractivity contribution < 1.29 is 23.8 Å². The van der Waals surface area contributed by atoms with Gasteiger partial charge in [-0.1, -0.05) is 30.3 Å². The molecule has 0 unspecified atom stereocenters. The molecule has 33 heavy (non-hydrogen) atoms. The van der Waals surface area contributed by atoms with E-state index in [4.69, 9.17) is 25.4 Å².